The van der Waals surface area contributed by atoms with Crippen molar-refractivity contribution in [3.05, 3.63) is 52.3 Å². The highest BCUT2D eigenvalue weighted by Gasteiger charge is 2.15. The number of hydrogen-bond acceptors (Lipinski definition) is 4. The fourth-order valence-corrected chi connectivity index (χ4v) is 4.04. The Hall–Kier alpha value is -1.99. The largest absolute Gasteiger partial charge is 0.492 e. The molecule has 0 saturated carbocycles. The normalized spacial score (nSPS) is 11.6. The molecule has 1 aromatic heterocycles. The van der Waals surface area contributed by atoms with Gasteiger partial charge in [0.2, 0.25) is 5.91 Å². The van der Waals surface area contributed by atoms with E-state index in [9.17, 15) is 9.18 Å². The van der Waals surface area contributed by atoms with E-state index in [1.54, 1.807) is 12.1 Å². The van der Waals surface area contributed by atoms with Gasteiger partial charge < -0.3 is 10.1 Å². The second-order valence-corrected chi connectivity index (χ2v) is 9.39. The topological polar surface area (TPSA) is 51.2 Å². The van der Waals surface area contributed by atoms with E-state index in [1.807, 2.05) is 6.07 Å². The quantitative estimate of drug-likeness (QED) is 0.435. The number of nitrogens with zero attached hydrogens (tertiary/aromatic N) is 1. The van der Waals surface area contributed by atoms with Gasteiger partial charge in [-0.25, -0.2) is 9.37 Å². The number of carbonyl (C=O) groups excluding carboxylic acids is 1. The van der Waals surface area contributed by atoms with Crippen LogP contribution >= 0.6 is 27.3 Å². The van der Waals surface area contributed by atoms with Crippen molar-refractivity contribution in [2.24, 2.45) is 0 Å². The van der Waals surface area contributed by atoms with Crippen LogP contribution in [0.2, 0.25) is 0 Å². The molecule has 0 spiro atoms. The molecule has 0 aliphatic heterocycles. The van der Waals surface area contributed by atoms with E-state index in [0.717, 1.165) is 10.2 Å². The van der Waals surface area contributed by atoms with Crippen molar-refractivity contribution in [2.75, 3.05) is 11.9 Å². The molecule has 0 aliphatic rings. The third kappa shape index (κ3) is 5.08. The third-order valence-electron chi connectivity index (χ3n) is 4.22. The number of aromatic nitrogens is 1. The summed E-state index contributed by atoms with van der Waals surface area (Å²) in [5.74, 6) is 0.214. The summed E-state index contributed by atoms with van der Waals surface area (Å²) in [5.41, 5.74) is 1.58. The number of anilines is 1. The van der Waals surface area contributed by atoms with Crippen LogP contribution in [-0.2, 0) is 10.2 Å². The van der Waals surface area contributed by atoms with E-state index < -0.39 is 0 Å². The number of carbonyl (C=O) groups is 1. The monoisotopic (exact) mass is 464 g/mol. The van der Waals surface area contributed by atoms with Gasteiger partial charge in [-0.15, -0.1) is 0 Å². The van der Waals surface area contributed by atoms with Crippen molar-refractivity contribution < 1.29 is 13.9 Å². The summed E-state index contributed by atoms with van der Waals surface area (Å²) in [6.45, 7) is 6.91. The lowest BCUT2D eigenvalue weighted by Gasteiger charge is -2.20. The van der Waals surface area contributed by atoms with Crippen molar-refractivity contribution in [1.29, 1.82) is 0 Å². The Morgan fingerprint density at radius 1 is 1.29 bits per heavy atom. The molecule has 4 nitrogen and oxygen atoms in total. The molecule has 3 rings (SSSR count). The van der Waals surface area contributed by atoms with Gasteiger partial charge in [0.05, 0.1) is 15.8 Å². The number of ether oxygens (including phenoxy) is 1. The Morgan fingerprint density at radius 3 is 2.75 bits per heavy atom. The number of fused-ring (bicyclic) bond motifs is 1. The minimum Gasteiger partial charge on any atom is -0.492 e. The van der Waals surface area contributed by atoms with Crippen LogP contribution < -0.4 is 10.1 Å². The lowest BCUT2D eigenvalue weighted by molar-refractivity contribution is -0.116. The predicted molar refractivity (Wildman–Crippen MR) is 116 cm³/mol. The molecule has 0 saturated heterocycles. The first kappa shape index (κ1) is 20.7. The first-order valence-corrected chi connectivity index (χ1v) is 10.6. The van der Waals surface area contributed by atoms with Crippen LogP contribution in [0.5, 0.6) is 5.75 Å². The van der Waals surface area contributed by atoms with Gasteiger partial charge in [-0.05, 0) is 57.6 Å². The Kier molecular flexibility index (Phi) is 6.35. The smallest absolute Gasteiger partial charge is 0.226 e. The van der Waals surface area contributed by atoms with Crippen molar-refractivity contribution in [2.45, 2.75) is 39.0 Å². The van der Waals surface area contributed by atoms with E-state index in [4.69, 9.17) is 4.74 Å². The number of hydrogen-bond donors (Lipinski definition) is 1. The van der Waals surface area contributed by atoms with Crippen molar-refractivity contribution >= 4 is 48.5 Å². The molecule has 148 valence electrons. The maximum Gasteiger partial charge on any atom is 0.226 e. The number of nitrogens with one attached hydrogen (secondary N) is 1. The van der Waals surface area contributed by atoms with Gasteiger partial charge in [0.25, 0.3) is 0 Å². The Bertz CT molecular complexity index is 998. The van der Waals surface area contributed by atoms with Gasteiger partial charge in [-0.3, -0.25) is 4.79 Å². The second kappa shape index (κ2) is 8.57. The molecule has 0 aliphatic carbocycles. The highest BCUT2D eigenvalue weighted by molar-refractivity contribution is 9.10. The molecular formula is C21H22BrFN2O2S. The summed E-state index contributed by atoms with van der Waals surface area (Å²) in [7, 11) is 0. The molecule has 7 heteroatoms. The van der Waals surface area contributed by atoms with Crippen LogP contribution in [0, 0.1) is 5.82 Å². The maximum atomic E-state index is 13.7. The maximum absolute atomic E-state index is 13.7. The molecule has 0 atom stereocenters. The molecule has 28 heavy (non-hydrogen) atoms. The summed E-state index contributed by atoms with van der Waals surface area (Å²) in [6.07, 6.45) is 0.870. The highest BCUT2D eigenvalue weighted by Crippen LogP contribution is 2.31. The highest BCUT2D eigenvalue weighted by atomic mass is 79.9. The molecular weight excluding hydrogens is 443 g/mol. The molecule has 1 amide bonds. The zero-order chi connectivity index (χ0) is 20.3. The summed E-state index contributed by atoms with van der Waals surface area (Å²) in [6, 6.07) is 10.8. The molecule has 0 fully saturated rings. The first-order chi connectivity index (χ1) is 13.2. The number of halogens is 2. The molecule has 1 heterocycles. The van der Waals surface area contributed by atoms with Crippen molar-refractivity contribution in [3.8, 4) is 5.75 Å². The van der Waals surface area contributed by atoms with Crippen LogP contribution in [0.15, 0.2) is 40.9 Å². The van der Waals surface area contributed by atoms with Crippen LogP contribution in [0.4, 0.5) is 9.52 Å². The molecule has 3 aromatic rings. The van der Waals surface area contributed by atoms with Gasteiger partial charge in [0, 0.05) is 6.42 Å². The first-order valence-electron chi connectivity index (χ1n) is 9.02. The number of rotatable bonds is 6. The van der Waals surface area contributed by atoms with Gasteiger partial charge in [-0.1, -0.05) is 44.2 Å². The fourth-order valence-electron chi connectivity index (χ4n) is 2.65. The lowest BCUT2D eigenvalue weighted by atomic mass is 9.87. The third-order valence-corrected chi connectivity index (χ3v) is 5.78. The zero-order valence-electron chi connectivity index (χ0n) is 16.0. The summed E-state index contributed by atoms with van der Waals surface area (Å²) in [5, 5.41) is 3.14. The predicted octanol–water partition coefficient (Wildman–Crippen LogP) is 6.29. The van der Waals surface area contributed by atoms with E-state index in [2.05, 4.69) is 59.1 Å². The minimum atomic E-state index is -0.384. The van der Waals surface area contributed by atoms with E-state index in [0.29, 0.717) is 29.3 Å². The zero-order valence-corrected chi connectivity index (χ0v) is 18.4. The van der Waals surface area contributed by atoms with Crippen LogP contribution in [0.25, 0.3) is 10.2 Å². The summed E-state index contributed by atoms with van der Waals surface area (Å²) < 4.78 is 21.1. The number of para-hydroxylation sites is 1. The number of thiazole rings is 1. The molecule has 0 radical (unpaired) electrons. The van der Waals surface area contributed by atoms with Gasteiger partial charge in [-0.2, -0.15) is 0 Å². The minimum absolute atomic E-state index is 0.0721. The van der Waals surface area contributed by atoms with Gasteiger partial charge in [0.15, 0.2) is 5.13 Å². The number of benzene rings is 2. The van der Waals surface area contributed by atoms with Crippen molar-refractivity contribution in [1.82, 2.24) is 4.98 Å². The van der Waals surface area contributed by atoms with E-state index in [-0.39, 0.29) is 22.7 Å². The van der Waals surface area contributed by atoms with Crippen LogP contribution in [-0.4, -0.2) is 17.5 Å². The molecule has 0 bridgehead atoms. The van der Waals surface area contributed by atoms with Crippen LogP contribution in [0.1, 0.15) is 39.2 Å². The van der Waals surface area contributed by atoms with Crippen molar-refractivity contribution in [3.63, 3.8) is 0 Å². The second-order valence-electron chi connectivity index (χ2n) is 7.50. The van der Waals surface area contributed by atoms with Gasteiger partial charge in [0.1, 0.15) is 17.1 Å². The Labute approximate surface area is 176 Å². The Morgan fingerprint density at radius 2 is 2.07 bits per heavy atom. The summed E-state index contributed by atoms with van der Waals surface area (Å²) in [4.78, 5) is 16.2. The van der Waals surface area contributed by atoms with E-state index >= 15 is 0 Å². The average molecular weight is 465 g/mol. The number of amides is 1. The lowest BCUT2D eigenvalue weighted by Crippen LogP contribution is -2.13. The standard InChI is InChI=1S/C21H22BrFN2O2S/c1-21(2,3)13-9-10-16(14(22)12-13)27-11-5-8-18(26)24-20-25-19-15(23)6-4-7-17(19)28-20/h4,6-7,9-10,12H,5,8,11H2,1-3H3,(H,24,25,26). The van der Waals surface area contributed by atoms with E-state index in [1.165, 1.54) is 23.0 Å². The average Bonchev–Trinajstić information content (AvgIpc) is 3.02. The fraction of sp³-hybridized carbons (Fsp3) is 0.333. The SMILES string of the molecule is CC(C)(C)c1ccc(OCCCC(=O)Nc2nc3c(F)cccc3s2)c(Br)c1. The van der Waals surface area contributed by atoms with Crippen LogP contribution in [0.3, 0.4) is 0 Å². The summed E-state index contributed by atoms with van der Waals surface area (Å²) >= 11 is 4.81. The molecule has 2 aromatic carbocycles. The Balaban J connectivity index is 1.48. The molecule has 1 N–H and O–H groups in total. The van der Waals surface area contributed by atoms with Gasteiger partial charge >= 0.3 is 0 Å². The molecule has 0 unspecified atom stereocenters.